The molecule has 0 N–H and O–H groups in total. The topological polar surface area (TPSA) is 40.6 Å². The van der Waals surface area contributed by atoms with E-state index in [0.717, 1.165) is 24.0 Å². The molecular formula is C13H17BrN2O2S. The normalized spacial score (nSPS) is 25.4. The zero-order valence-corrected chi connectivity index (χ0v) is 13.0. The van der Waals surface area contributed by atoms with Crippen LogP contribution in [0.4, 0.5) is 0 Å². The second-order valence-corrected chi connectivity index (χ2v) is 8.00. The molecule has 2 saturated heterocycles. The van der Waals surface area contributed by atoms with Crippen LogP contribution in [0.5, 0.6) is 0 Å². The maximum atomic E-state index is 12.6. The molecule has 0 amide bonds. The first-order valence-electron chi connectivity index (χ1n) is 6.57. The van der Waals surface area contributed by atoms with Crippen molar-refractivity contribution in [3.05, 3.63) is 28.7 Å². The molecule has 1 aromatic rings. The van der Waals surface area contributed by atoms with Crippen molar-refractivity contribution in [1.29, 1.82) is 0 Å². The quantitative estimate of drug-likeness (QED) is 0.822. The number of halogens is 1. The van der Waals surface area contributed by atoms with Crippen molar-refractivity contribution >= 4 is 26.0 Å². The molecule has 0 radical (unpaired) electrons. The molecule has 2 heterocycles. The van der Waals surface area contributed by atoms with Crippen molar-refractivity contribution in [3.8, 4) is 0 Å². The third kappa shape index (κ3) is 2.59. The van der Waals surface area contributed by atoms with E-state index in [1.54, 1.807) is 28.6 Å². The number of sulfonamides is 1. The summed E-state index contributed by atoms with van der Waals surface area (Å²) >= 11 is 3.33. The average molecular weight is 345 g/mol. The molecule has 0 spiro atoms. The molecule has 6 heteroatoms. The van der Waals surface area contributed by atoms with Gasteiger partial charge in [-0.3, -0.25) is 4.90 Å². The van der Waals surface area contributed by atoms with Gasteiger partial charge in [-0.25, -0.2) is 8.42 Å². The Morgan fingerprint density at radius 1 is 1.11 bits per heavy atom. The number of piperazine rings is 1. The van der Waals surface area contributed by atoms with Crippen LogP contribution < -0.4 is 0 Å². The van der Waals surface area contributed by atoms with Crippen LogP contribution in [0.2, 0.25) is 0 Å². The van der Waals surface area contributed by atoms with E-state index in [4.69, 9.17) is 0 Å². The zero-order chi connectivity index (χ0) is 13.5. The number of fused-ring (bicyclic) bond motifs is 1. The summed E-state index contributed by atoms with van der Waals surface area (Å²) in [6.07, 6.45) is 2.31. The first kappa shape index (κ1) is 13.5. The summed E-state index contributed by atoms with van der Waals surface area (Å²) in [6, 6.07) is 7.30. The van der Waals surface area contributed by atoms with Crippen LogP contribution in [0.1, 0.15) is 12.8 Å². The van der Waals surface area contributed by atoms with E-state index in [0.29, 0.717) is 24.0 Å². The summed E-state index contributed by atoms with van der Waals surface area (Å²) in [4.78, 5) is 2.80. The summed E-state index contributed by atoms with van der Waals surface area (Å²) < 4.78 is 27.7. The molecule has 2 fully saturated rings. The van der Waals surface area contributed by atoms with E-state index in [1.165, 1.54) is 6.42 Å². The zero-order valence-electron chi connectivity index (χ0n) is 10.6. The van der Waals surface area contributed by atoms with Gasteiger partial charge in [-0.15, -0.1) is 0 Å². The highest BCUT2D eigenvalue weighted by molar-refractivity contribution is 9.10. The van der Waals surface area contributed by atoms with Gasteiger partial charge < -0.3 is 0 Å². The predicted molar refractivity (Wildman–Crippen MR) is 77.5 cm³/mol. The van der Waals surface area contributed by atoms with Crippen molar-refractivity contribution in [1.82, 2.24) is 9.21 Å². The van der Waals surface area contributed by atoms with E-state index < -0.39 is 10.0 Å². The van der Waals surface area contributed by atoms with Crippen LogP contribution in [-0.2, 0) is 10.0 Å². The van der Waals surface area contributed by atoms with Crippen molar-refractivity contribution in [3.63, 3.8) is 0 Å². The largest absolute Gasteiger partial charge is 0.298 e. The molecule has 1 aromatic carbocycles. The van der Waals surface area contributed by atoms with Crippen molar-refractivity contribution in [2.24, 2.45) is 0 Å². The van der Waals surface area contributed by atoms with E-state index in [9.17, 15) is 8.42 Å². The first-order valence-corrected chi connectivity index (χ1v) is 8.80. The van der Waals surface area contributed by atoms with Crippen molar-refractivity contribution in [2.75, 3.05) is 26.2 Å². The Labute approximate surface area is 122 Å². The molecular weight excluding hydrogens is 328 g/mol. The molecule has 104 valence electrons. The summed E-state index contributed by atoms with van der Waals surface area (Å²) in [5, 5.41) is 0. The minimum Gasteiger partial charge on any atom is -0.298 e. The Morgan fingerprint density at radius 2 is 1.84 bits per heavy atom. The molecule has 19 heavy (non-hydrogen) atoms. The van der Waals surface area contributed by atoms with Gasteiger partial charge in [0.15, 0.2) is 0 Å². The van der Waals surface area contributed by atoms with Gasteiger partial charge in [0.1, 0.15) is 0 Å². The molecule has 0 bridgehead atoms. The average Bonchev–Trinajstić information content (AvgIpc) is 2.86. The third-order valence-corrected chi connectivity index (χ3v) is 6.41. The van der Waals surface area contributed by atoms with Gasteiger partial charge in [0.2, 0.25) is 10.0 Å². The molecule has 1 atom stereocenters. The predicted octanol–water partition coefficient (Wildman–Crippen LogP) is 1.92. The molecule has 2 aliphatic heterocycles. The van der Waals surface area contributed by atoms with Crippen LogP contribution in [-0.4, -0.2) is 49.8 Å². The maximum Gasteiger partial charge on any atom is 0.243 e. The smallest absolute Gasteiger partial charge is 0.243 e. The van der Waals surface area contributed by atoms with Crippen LogP contribution >= 0.6 is 15.9 Å². The monoisotopic (exact) mass is 344 g/mol. The Kier molecular flexibility index (Phi) is 3.68. The molecule has 3 rings (SSSR count). The highest BCUT2D eigenvalue weighted by Crippen LogP contribution is 2.26. The van der Waals surface area contributed by atoms with E-state index in [2.05, 4.69) is 20.8 Å². The fourth-order valence-electron chi connectivity index (χ4n) is 2.94. The number of benzene rings is 1. The fraction of sp³-hybridized carbons (Fsp3) is 0.538. The van der Waals surface area contributed by atoms with Crippen LogP contribution in [0.3, 0.4) is 0 Å². The van der Waals surface area contributed by atoms with Crippen molar-refractivity contribution in [2.45, 2.75) is 23.8 Å². The Morgan fingerprint density at radius 3 is 2.58 bits per heavy atom. The van der Waals surface area contributed by atoms with Gasteiger partial charge in [0.05, 0.1) is 4.90 Å². The minimum atomic E-state index is -3.33. The SMILES string of the molecule is O=S(=O)(c1ccc(Br)cc1)N1CCN2CCCC2C1. The Balaban J connectivity index is 1.82. The van der Waals surface area contributed by atoms with Crippen molar-refractivity contribution < 1.29 is 8.42 Å². The highest BCUT2D eigenvalue weighted by atomic mass is 79.9. The van der Waals surface area contributed by atoms with Gasteiger partial charge in [-0.1, -0.05) is 15.9 Å². The van der Waals surface area contributed by atoms with Crippen LogP contribution in [0, 0.1) is 0 Å². The maximum absolute atomic E-state index is 12.6. The molecule has 0 saturated carbocycles. The summed E-state index contributed by atoms with van der Waals surface area (Å²) in [7, 11) is -3.33. The molecule has 1 unspecified atom stereocenters. The number of rotatable bonds is 2. The lowest BCUT2D eigenvalue weighted by Gasteiger charge is -2.36. The van der Waals surface area contributed by atoms with Gasteiger partial charge in [0.25, 0.3) is 0 Å². The van der Waals surface area contributed by atoms with Gasteiger partial charge in [-0.05, 0) is 43.7 Å². The van der Waals surface area contributed by atoms with Crippen LogP contribution in [0.25, 0.3) is 0 Å². The lowest BCUT2D eigenvalue weighted by atomic mass is 10.2. The van der Waals surface area contributed by atoms with Gasteiger partial charge >= 0.3 is 0 Å². The third-order valence-electron chi connectivity index (χ3n) is 4.00. The Hall–Kier alpha value is -0.430. The minimum absolute atomic E-state index is 0.391. The van der Waals surface area contributed by atoms with Gasteiger partial charge in [-0.2, -0.15) is 4.31 Å². The number of hydrogen-bond acceptors (Lipinski definition) is 3. The van der Waals surface area contributed by atoms with Crippen LogP contribution in [0.15, 0.2) is 33.6 Å². The van der Waals surface area contributed by atoms with E-state index in [-0.39, 0.29) is 0 Å². The molecule has 0 aliphatic carbocycles. The number of hydrogen-bond donors (Lipinski definition) is 0. The Bertz CT molecular complexity index is 559. The molecule has 4 nitrogen and oxygen atoms in total. The lowest BCUT2D eigenvalue weighted by Crippen LogP contribution is -2.51. The van der Waals surface area contributed by atoms with E-state index >= 15 is 0 Å². The second-order valence-electron chi connectivity index (χ2n) is 5.15. The number of nitrogens with zero attached hydrogens (tertiary/aromatic N) is 2. The summed E-state index contributed by atoms with van der Waals surface area (Å²) in [5.74, 6) is 0. The first-order chi connectivity index (χ1) is 9.07. The standard InChI is InChI=1S/C13H17BrN2O2S/c14-11-3-5-13(6-4-11)19(17,18)16-9-8-15-7-1-2-12(15)10-16/h3-6,12H,1-2,7-10H2. The summed E-state index contributed by atoms with van der Waals surface area (Å²) in [5.41, 5.74) is 0. The molecule has 0 aromatic heterocycles. The highest BCUT2D eigenvalue weighted by Gasteiger charge is 2.36. The molecule has 2 aliphatic rings. The van der Waals surface area contributed by atoms with E-state index in [1.807, 2.05) is 0 Å². The fourth-order valence-corrected chi connectivity index (χ4v) is 4.67. The summed E-state index contributed by atoms with van der Waals surface area (Å²) in [6.45, 7) is 3.23. The second kappa shape index (κ2) is 5.16. The van der Waals surface area contributed by atoms with Gasteiger partial charge in [0, 0.05) is 30.1 Å². The lowest BCUT2D eigenvalue weighted by molar-refractivity contribution is 0.158.